The molecule has 0 aromatic heterocycles. The molecule has 0 amide bonds. The van der Waals surface area contributed by atoms with E-state index in [1.165, 1.54) is 19.3 Å². The lowest BCUT2D eigenvalue weighted by atomic mass is 9.97. The van der Waals surface area contributed by atoms with Crippen LogP contribution in [0.2, 0.25) is 0 Å². The quantitative estimate of drug-likeness (QED) is 0.479. The predicted molar refractivity (Wildman–Crippen MR) is 64.7 cm³/mol. The smallest absolute Gasteiger partial charge is 0.264 e. The largest absolute Gasteiger partial charge is 0.397 e. The fraction of sp³-hybridized carbons (Fsp3) is 1.00. The molecule has 1 N–H and O–H groups in total. The third-order valence-corrected chi connectivity index (χ3v) is 3.05. The molecule has 16 heavy (non-hydrogen) atoms. The fourth-order valence-electron chi connectivity index (χ4n) is 1.76. The summed E-state index contributed by atoms with van der Waals surface area (Å²) in [4.78, 5) is 0. The second-order valence-corrected chi connectivity index (χ2v) is 5.31. The van der Waals surface area contributed by atoms with Gasteiger partial charge in [-0.1, -0.05) is 46.0 Å². The molecule has 0 rings (SSSR count). The van der Waals surface area contributed by atoms with Crippen molar-refractivity contribution in [3.05, 3.63) is 0 Å². The monoisotopic (exact) mass is 252 g/mol. The zero-order valence-corrected chi connectivity index (χ0v) is 11.1. The molecule has 0 saturated carbocycles. The highest BCUT2D eigenvalue weighted by Crippen LogP contribution is 2.17. The Morgan fingerprint density at radius 3 is 2.25 bits per heavy atom. The van der Waals surface area contributed by atoms with Gasteiger partial charge in [0.15, 0.2) is 0 Å². The Kier molecular flexibility index (Phi) is 8.89. The summed E-state index contributed by atoms with van der Waals surface area (Å²) in [7, 11) is -4.27. The van der Waals surface area contributed by atoms with E-state index in [-0.39, 0.29) is 12.5 Å². The van der Waals surface area contributed by atoms with E-state index in [1.807, 2.05) is 0 Å². The van der Waals surface area contributed by atoms with E-state index in [1.54, 1.807) is 0 Å². The molecule has 0 aliphatic rings. The van der Waals surface area contributed by atoms with Crippen molar-refractivity contribution in [1.82, 2.24) is 0 Å². The van der Waals surface area contributed by atoms with Crippen molar-refractivity contribution in [2.75, 3.05) is 6.61 Å². The Balaban J connectivity index is 3.79. The van der Waals surface area contributed by atoms with Crippen molar-refractivity contribution in [1.29, 1.82) is 0 Å². The third-order valence-electron chi connectivity index (χ3n) is 2.62. The summed E-state index contributed by atoms with van der Waals surface area (Å²) in [6.45, 7) is 4.33. The lowest BCUT2D eigenvalue weighted by Gasteiger charge is -2.14. The average Bonchev–Trinajstić information content (AvgIpc) is 2.19. The Morgan fingerprint density at radius 1 is 1.06 bits per heavy atom. The second kappa shape index (κ2) is 8.96. The van der Waals surface area contributed by atoms with Crippen molar-refractivity contribution in [3.8, 4) is 0 Å². The summed E-state index contributed by atoms with van der Waals surface area (Å²) in [5.74, 6) is 0.240. The van der Waals surface area contributed by atoms with E-state index in [4.69, 9.17) is 4.55 Å². The Bertz CT molecular complexity index is 249. The zero-order chi connectivity index (χ0) is 12.4. The van der Waals surface area contributed by atoms with Gasteiger partial charge in [-0.2, -0.15) is 8.42 Å². The number of hydrogen-bond donors (Lipinski definition) is 1. The minimum atomic E-state index is -4.27. The molecule has 5 heteroatoms. The van der Waals surface area contributed by atoms with Crippen LogP contribution >= 0.6 is 0 Å². The summed E-state index contributed by atoms with van der Waals surface area (Å²) in [6, 6.07) is 0. The third kappa shape index (κ3) is 10.4. The van der Waals surface area contributed by atoms with Crippen LogP contribution in [0.5, 0.6) is 0 Å². The van der Waals surface area contributed by atoms with Crippen molar-refractivity contribution < 1.29 is 17.2 Å². The van der Waals surface area contributed by atoms with Gasteiger partial charge in [0.05, 0.1) is 6.61 Å². The average molecular weight is 252 g/mol. The van der Waals surface area contributed by atoms with Crippen LogP contribution in [0.4, 0.5) is 0 Å². The highest BCUT2D eigenvalue weighted by atomic mass is 32.3. The van der Waals surface area contributed by atoms with Gasteiger partial charge < -0.3 is 0 Å². The second-order valence-electron chi connectivity index (χ2n) is 4.22. The molecule has 0 spiro atoms. The van der Waals surface area contributed by atoms with Crippen molar-refractivity contribution in [2.45, 2.75) is 58.8 Å². The number of rotatable bonds is 10. The summed E-state index contributed by atoms with van der Waals surface area (Å²) >= 11 is 0. The van der Waals surface area contributed by atoms with Crippen molar-refractivity contribution in [3.63, 3.8) is 0 Å². The Hall–Kier alpha value is -0.130. The van der Waals surface area contributed by atoms with Crippen LogP contribution in [-0.2, 0) is 14.6 Å². The maximum absolute atomic E-state index is 10.4. The molecule has 0 aromatic carbocycles. The van der Waals surface area contributed by atoms with Gasteiger partial charge in [0.2, 0.25) is 0 Å². The summed E-state index contributed by atoms with van der Waals surface area (Å²) in [5, 5.41) is 0. The first-order chi connectivity index (χ1) is 7.49. The maximum Gasteiger partial charge on any atom is 0.397 e. The molecule has 1 atom stereocenters. The van der Waals surface area contributed by atoms with Crippen LogP contribution in [0.3, 0.4) is 0 Å². The molecule has 0 heterocycles. The van der Waals surface area contributed by atoms with Gasteiger partial charge in [0.1, 0.15) is 0 Å². The van der Waals surface area contributed by atoms with Crippen LogP contribution in [0.15, 0.2) is 0 Å². The minimum Gasteiger partial charge on any atom is -0.264 e. The first-order valence-electron chi connectivity index (χ1n) is 6.11. The molecule has 0 fully saturated rings. The maximum atomic E-state index is 10.4. The molecule has 0 aromatic rings. The molecule has 0 saturated heterocycles. The van der Waals surface area contributed by atoms with Gasteiger partial charge in [-0.05, 0) is 18.8 Å². The normalized spacial score (nSPS) is 13.9. The van der Waals surface area contributed by atoms with Crippen LogP contribution in [0, 0.1) is 5.92 Å². The molecule has 0 bridgehead atoms. The van der Waals surface area contributed by atoms with E-state index in [0.29, 0.717) is 0 Å². The van der Waals surface area contributed by atoms with Crippen LogP contribution in [-0.4, -0.2) is 19.6 Å². The number of hydrogen-bond acceptors (Lipinski definition) is 3. The predicted octanol–water partition coefficient (Wildman–Crippen LogP) is 3.19. The SMILES string of the molecule is CCCCCCC(CCC)COS(=O)(=O)O. The molecular formula is C11H24O4S. The number of unbranched alkanes of at least 4 members (excludes halogenated alkanes) is 3. The van der Waals surface area contributed by atoms with Crippen LogP contribution < -0.4 is 0 Å². The van der Waals surface area contributed by atoms with Gasteiger partial charge in [-0.3, -0.25) is 4.55 Å². The summed E-state index contributed by atoms with van der Waals surface area (Å²) in [5.41, 5.74) is 0. The lowest BCUT2D eigenvalue weighted by Crippen LogP contribution is -2.14. The topological polar surface area (TPSA) is 63.6 Å². The first-order valence-corrected chi connectivity index (χ1v) is 7.48. The molecule has 0 radical (unpaired) electrons. The Morgan fingerprint density at radius 2 is 1.75 bits per heavy atom. The highest BCUT2D eigenvalue weighted by Gasteiger charge is 2.12. The Labute approximate surface area is 99.3 Å². The molecular weight excluding hydrogens is 228 g/mol. The minimum absolute atomic E-state index is 0.110. The van der Waals surface area contributed by atoms with E-state index in [9.17, 15) is 8.42 Å². The van der Waals surface area contributed by atoms with Gasteiger partial charge in [0, 0.05) is 0 Å². The zero-order valence-electron chi connectivity index (χ0n) is 10.3. The van der Waals surface area contributed by atoms with E-state index < -0.39 is 10.4 Å². The molecule has 1 unspecified atom stereocenters. The van der Waals surface area contributed by atoms with E-state index >= 15 is 0 Å². The standard InChI is InChI=1S/C11H24O4S/c1-3-5-6-7-9-11(8-4-2)10-15-16(12,13)14/h11H,3-10H2,1-2H3,(H,12,13,14). The molecule has 98 valence electrons. The van der Waals surface area contributed by atoms with Gasteiger partial charge in [-0.15, -0.1) is 0 Å². The summed E-state index contributed by atoms with van der Waals surface area (Å²) < 4.78 is 33.8. The van der Waals surface area contributed by atoms with Gasteiger partial charge in [-0.25, -0.2) is 4.18 Å². The van der Waals surface area contributed by atoms with E-state index in [0.717, 1.165) is 25.7 Å². The fourth-order valence-corrected chi connectivity index (χ4v) is 2.13. The van der Waals surface area contributed by atoms with Crippen LogP contribution in [0.25, 0.3) is 0 Å². The first kappa shape index (κ1) is 15.9. The van der Waals surface area contributed by atoms with Gasteiger partial charge in [0.25, 0.3) is 0 Å². The lowest BCUT2D eigenvalue weighted by molar-refractivity contribution is 0.206. The molecule has 0 aliphatic heterocycles. The van der Waals surface area contributed by atoms with Crippen molar-refractivity contribution >= 4 is 10.4 Å². The molecule has 4 nitrogen and oxygen atoms in total. The van der Waals surface area contributed by atoms with Crippen molar-refractivity contribution in [2.24, 2.45) is 5.92 Å². The summed E-state index contributed by atoms with van der Waals surface area (Å²) in [6.07, 6.45) is 7.63. The van der Waals surface area contributed by atoms with E-state index in [2.05, 4.69) is 18.0 Å². The highest BCUT2D eigenvalue weighted by molar-refractivity contribution is 7.80. The van der Waals surface area contributed by atoms with Gasteiger partial charge >= 0.3 is 10.4 Å². The molecule has 0 aliphatic carbocycles. The van der Waals surface area contributed by atoms with Crippen LogP contribution in [0.1, 0.15) is 58.8 Å².